The van der Waals surface area contributed by atoms with Crippen LogP contribution in [0.2, 0.25) is 0 Å². The molecule has 1 aliphatic heterocycles. The summed E-state index contributed by atoms with van der Waals surface area (Å²) in [4.78, 5) is 14.7. The molecule has 116 valence electrons. The number of amides is 1. The first-order chi connectivity index (χ1) is 10.7. The van der Waals surface area contributed by atoms with Crippen LogP contribution in [0.1, 0.15) is 36.0 Å². The first-order valence-corrected chi connectivity index (χ1v) is 8.31. The Balaban J connectivity index is 1.44. The van der Waals surface area contributed by atoms with Crippen molar-refractivity contribution in [2.24, 2.45) is 7.05 Å². The Morgan fingerprint density at radius 3 is 2.55 bits per heavy atom. The summed E-state index contributed by atoms with van der Waals surface area (Å²) in [5.41, 5.74) is 1.98. The minimum absolute atomic E-state index is 0.177. The number of aryl methyl sites for hydroxylation is 1. The number of carbonyl (C=O) groups is 1. The maximum atomic E-state index is 12.7. The topological polar surface area (TPSA) is 37.3 Å². The SMILES string of the molecule is Cn1ccc2cc(C(=O)N3CCC(NC4CC4)CC3)ccc21. The van der Waals surface area contributed by atoms with Crippen molar-refractivity contribution in [2.75, 3.05) is 13.1 Å². The van der Waals surface area contributed by atoms with Gasteiger partial charge in [-0.25, -0.2) is 0 Å². The minimum Gasteiger partial charge on any atom is -0.351 e. The van der Waals surface area contributed by atoms with Gasteiger partial charge >= 0.3 is 0 Å². The summed E-state index contributed by atoms with van der Waals surface area (Å²) in [5.74, 6) is 0.177. The third kappa shape index (κ3) is 2.63. The smallest absolute Gasteiger partial charge is 0.253 e. The fourth-order valence-electron chi connectivity index (χ4n) is 3.43. The van der Waals surface area contributed by atoms with E-state index in [0.717, 1.165) is 42.9 Å². The highest BCUT2D eigenvalue weighted by atomic mass is 16.2. The molecule has 0 unspecified atom stereocenters. The lowest BCUT2D eigenvalue weighted by molar-refractivity contribution is 0.0705. The Hall–Kier alpha value is -1.81. The van der Waals surface area contributed by atoms with E-state index in [1.807, 2.05) is 36.3 Å². The van der Waals surface area contributed by atoms with Gasteiger partial charge in [0.1, 0.15) is 0 Å². The number of hydrogen-bond acceptors (Lipinski definition) is 2. The molecule has 2 fully saturated rings. The predicted octanol–water partition coefficient (Wildman–Crippen LogP) is 2.53. The normalized spacial score (nSPS) is 19.8. The van der Waals surface area contributed by atoms with E-state index in [-0.39, 0.29) is 5.91 Å². The molecule has 4 nitrogen and oxygen atoms in total. The van der Waals surface area contributed by atoms with Gasteiger partial charge in [0.2, 0.25) is 0 Å². The van der Waals surface area contributed by atoms with E-state index in [9.17, 15) is 4.79 Å². The predicted molar refractivity (Wildman–Crippen MR) is 88.0 cm³/mol. The highest BCUT2D eigenvalue weighted by molar-refractivity contribution is 5.98. The molecule has 2 aliphatic rings. The molecule has 4 heteroatoms. The average molecular weight is 297 g/mol. The molecule has 2 aromatic rings. The number of benzene rings is 1. The monoisotopic (exact) mass is 297 g/mol. The second kappa shape index (κ2) is 5.43. The van der Waals surface area contributed by atoms with Gasteiger partial charge in [-0.15, -0.1) is 0 Å². The third-order valence-electron chi connectivity index (χ3n) is 4.96. The zero-order valence-corrected chi connectivity index (χ0v) is 13.1. The summed E-state index contributed by atoms with van der Waals surface area (Å²) in [5, 5.41) is 4.82. The molecule has 1 amide bonds. The molecule has 1 saturated heterocycles. The number of aromatic nitrogens is 1. The molecule has 4 rings (SSSR count). The average Bonchev–Trinajstić information content (AvgIpc) is 3.29. The number of nitrogens with one attached hydrogen (secondary N) is 1. The van der Waals surface area contributed by atoms with Crippen molar-refractivity contribution in [1.29, 1.82) is 0 Å². The largest absolute Gasteiger partial charge is 0.351 e. The van der Waals surface area contributed by atoms with Gasteiger partial charge in [-0.1, -0.05) is 0 Å². The summed E-state index contributed by atoms with van der Waals surface area (Å²) in [6, 6.07) is 9.45. The summed E-state index contributed by atoms with van der Waals surface area (Å²) >= 11 is 0. The van der Waals surface area contributed by atoms with Gasteiger partial charge < -0.3 is 14.8 Å². The zero-order valence-electron chi connectivity index (χ0n) is 13.1. The van der Waals surface area contributed by atoms with Crippen molar-refractivity contribution < 1.29 is 4.79 Å². The van der Waals surface area contributed by atoms with Crippen LogP contribution in [0.4, 0.5) is 0 Å². The molecular formula is C18H23N3O. The summed E-state index contributed by atoms with van der Waals surface area (Å²) in [6.07, 6.45) is 6.85. The van der Waals surface area contributed by atoms with Crippen LogP contribution in [0.25, 0.3) is 10.9 Å². The molecule has 0 spiro atoms. The van der Waals surface area contributed by atoms with Gasteiger partial charge in [0, 0.05) is 54.9 Å². The van der Waals surface area contributed by atoms with E-state index < -0.39 is 0 Å². The Kier molecular flexibility index (Phi) is 3.41. The maximum absolute atomic E-state index is 12.7. The van der Waals surface area contributed by atoms with Crippen LogP contribution < -0.4 is 5.32 Å². The van der Waals surface area contributed by atoms with Crippen LogP contribution in [-0.2, 0) is 7.05 Å². The van der Waals surface area contributed by atoms with Crippen LogP contribution in [0.3, 0.4) is 0 Å². The summed E-state index contributed by atoms with van der Waals surface area (Å²) < 4.78 is 2.08. The molecule has 0 bridgehead atoms. The van der Waals surface area contributed by atoms with Crippen molar-refractivity contribution in [3.05, 3.63) is 36.0 Å². The quantitative estimate of drug-likeness (QED) is 0.945. The van der Waals surface area contributed by atoms with Crippen molar-refractivity contribution in [3.8, 4) is 0 Å². The standard InChI is InChI=1S/C18H23N3O/c1-20-9-6-13-12-14(2-5-17(13)20)18(22)21-10-7-16(8-11-21)19-15-3-4-15/h2,5-6,9,12,15-16,19H,3-4,7-8,10-11H2,1H3. The van der Waals surface area contributed by atoms with Gasteiger partial charge in [-0.2, -0.15) is 0 Å². The van der Waals surface area contributed by atoms with Crippen LogP contribution in [-0.4, -0.2) is 40.5 Å². The molecule has 1 aromatic carbocycles. The van der Waals surface area contributed by atoms with E-state index in [0.29, 0.717) is 6.04 Å². The summed E-state index contributed by atoms with van der Waals surface area (Å²) in [7, 11) is 2.03. The van der Waals surface area contributed by atoms with E-state index in [4.69, 9.17) is 0 Å². The zero-order chi connectivity index (χ0) is 15.1. The van der Waals surface area contributed by atoms with Crippen LogP contribution in [0.5, 0.6) is 0 Å². The third-order valence-corrected chi connectivity index (χ3v) is 4.96. The van der Waals surface area contributed by atoms with E-state index in [1.165, 1.54) is 18.4 Å². The second-order valence-corrected chi connectivity index (χ2v) is 6.71. The van der Waals surface area contributed by atoms with Crippen LogP contribution in [0, 0.1) is 0 Å². The molecule has 0 atom stereocenters. The first-order valence-electron chi connectivity index (χ1n) is 8.31. The first kappa shape index (κ1) is 13.8. The van der Waals surface area contributed by atoms with E-state index in [1.54, 1.807) is 0 Å². The minimum atomic E-state index is 0.177. The molecule has 1 aliphatic carbocycles. The number of piperidine rings is 1. The fraction of sp³-hybridized carbons (Fsp3) is 0.500. The molecule has 1 saturated carbocycles. The maximum Gasteiger partial charge on any atom is 0.253 e. The number of hydrogen-bond donors (Lipinski definition) is 1. The lowest BCUT2D eigenvalue weighted by Crippen LogP contribution is -2.45. The number of fused-ring (bicyclic) bond motifs is 1. The molecule has 22 heavy (non-hydrogen) atoms. The number of nitrogens with zero attached hydrogens (tertiary/aromatic N) is 2. The lowest BCUT2D eigenvalue weighted by Gasteiger charge is -2.32. The molecular weight excluding hydrogens is 274 g/mol. The van der Waals surface area contributed by atoms with Crippen LogP contribution >= 0.6 is 0 Å². The second-order valence-electron chi connectivity index (χ2n) is 6.71. The highest BCUT2D eigenvalue weighted by Gasteiger charge is 2.28. The number of likely N-dealkylation sites (tertiary alicyclic amines) is 1. The van der Waals surface area contributed by atoms with Gasteiger partial charge in [0.05, 0.1) is 0 Å². The van der Waals surface area contributed by atoms with Gasteiger partial charge in [-0.3, -0.25) is 4.79 Å². The van der Waals surface area contributed by atoms with Crippen molar-refractivity contribution >= 4 is 16.8 Å². The molecule has 2 heterocycles. The highest BCUT2D eigenvalue weighted by Crippen LogP contribution is 2.23. The van der Waals surface area contributed by atoms with Gasteiger partial charge in [0.15, 0.2) is 0 Å². The van der Waals surface area contributed by atoms with Gasteiger partial charge in [-0.05, 0) is 49.9 Å². The van der Waals surface area contributed by atoms with Gasteiger partial charge in [0.25, 0.3) is 5.91 Å². The Bertz CT molecular complexity index is 693. The molecule has 1 N–H and O–H groups in total. The van der Waals surface area contributed by atoms with Crippen molar-refractivity contribution in [2.45, 2.75) is 37.8 Å². The Labute approximate surface area is 131 Å². The van der Waals surface area contributed by atoms with E-state index >= 15 is 0 Å². The molecule has 0 radical (unpaired) electrons. The molecule has 1 aromatic heterocycles. The fourth-order valence-corrected chi connectivity index (χ4v) is 3.43. The number of rotatable bonds is 3. The van der Waals surface area contributed by atoms with Crippen molar-refractivity contribution in [3.63, 3.8) is 0 Å². The lowest BCUT2D eigenvalue weighted by atomic mass is 10.0. The summed E-state index contributed by atoms with van der Waals surface area (Å²) in [6.45, 7) is 1.74. The van der Waals surface area contributed by atoms with Crippen LogP contribution in [0.15, 0.2) is 30.5 Å². The van der Waals surface area contributed by atoms with E-state index in [2.05, 4.69) is 16.0 Å². The Morgan fingerprint density at radius 2 is 1.82 bits per heavy atom. The Morgan fingerprint density at radius 1 is 1.09 bits per heavy atom. The van der Waals surface area contributed by atoms with Crippen molar-refractivity contribution in [1.82, 2.24) is 14.8 Å². The number of carbonyl (C=O) groups excluding carboxylic acids is 1.